The molecule has 2 N–H and O–H groups in total. The van der Waals surface area contributed by atoms with Crippen molar-refractivity contribution in [1.29, 1.82) is 0 Å². The molecular weight excluding hydrogens is 415 g/mol. The third kappa shape index (κ3) is 5.37. The van der Waals surface area contributed by atoms with E-state index in [2.05, 4.69) is 16.7 Å². The summed E-state index contributed by atoms with van der Waals surface area (Å²) in [6, 6.07) is 15.7. The monoisotopic (exact) mass is 444 g/mol. The molecule has 0 atom stereocenters. The minimum atomic E-state index is -3.39. The van der Waals surface area contributed by atoms with Crippen molar-refractivity contribution in [2.24, 2.45) is 5.73 Å². The Hall–Kier alpha value is -2.60. The number of rotatable bonds is 11. The molecule has 0 bridgehead atoms. The van der Waals surface area contributed by atoms with Crippen LogP contribution in [0.25, 0.3) is 10.9 Å². The molecule has 8 heteroatoms. The summed E-state index contributed by atoms with van der Waals surface area (Å²) < 4.78 is 31.6. The smallest absolute Gasteiger partial charge is 0.367 e. The SMILES string of the molecule is CCOP(=O)(COc1cccc2c1c(CC(N)=O)c(C)n2Cc1ccccc1)OCC. The first-order valence-electron chi connectivity index (χ1n) is 10.3. The zero-order valence-electron chi connectivity index (χ0n) is 18.2. The Morgan fingerprint density at radius 2 is 1.71 bits per heavy atom. The van der Waals surface area contributed by atoms with Gasteiger partial charge < -0.3 is 24.1 Å². The normalized spacial score (nSPS) is 11.7. The van der Waals surface area contributed by atoms with Crippen LogP contribution in [0.5, 0.6) is 5.75 Å². The van der Waals surface area contributed by atoms with Crippen LogP contribution >= 0.6 is 7.60 Å². The molecule has 3 aromatic rings. The Bertz CT molecular complexity index is 1080. The number of carbonyl (C=O) groups is 1. The molecule has 1 heterocycles. The van der Waals surface area contributed by atoms with Gasteiger partial charge in [-0.3, -0.25) is 9.36 Å². The summed E-state index contributed by atoms with van der Waals surface area (Å²) in [5, 5.41) is 0.786. The molecule has 3 rings (SSSR count). The van der Waals surface area contributed by atoms with Crippen LogP contribution in [0.2, 0.25) is 0 Å². The van der Waals surface area contributed by atoms with Gasteiger partial charge in [0.25, 0.3) is 0 Å². The van der Waals surface area contributed by atoms with Gasteiger partial charge in [-0.25, -0.2) is 0 Å². The second-order valence-corrected chi connectivity index (χ2v) is 9.15. The molecule has 0 unspecified atom stereocenters. The number of amides is 1. The highest BCUT2D eigenvalue weighted by atomic mass is 31.2. The van der Waals surface area contributed by atoms with Crippen molar-refractivity contribution in [3.63, 3.8) is 0 Å². The van der Waals surface area contributed by atoms with E-state index in [0.717, 1.165) is 27.7 Å². The average molecular weight is 444 g/mol. The molecule has 0 fully saturated rings. The molecule has 0 spiro atoms. The van der Waals surface area contributed by atoms with Crippen LogP contribution < -0.4 is 10.5 Å². The number of hydrogen-bond acceptors (Lipinski definition) is 5. The maximum Gasteiger partial charge on any atom is 0.367 e. The van der Waals surface area contributed by atoms with Gasteiger partial charge in [0.1, 0.15) is 5.75 Å². The summed E-state index contributed by atoms with van der Waals surface area (Å²) in [6.07, 6.45) is -0.133. The first-order valence-corrected chi connectivity index (χ1v) is 12.0. The van der Waals surface area contributed by atoms with E-state index in [1.165, 1.54) is 0 Å². The Balaban J connectivity index is 2.05. The number of carbonyl (C=O) groups excluding carboxylic acids is 1. The summed E-state index contributed by atoms with van der Waals surface area (Å²) in [4.78, 5) is 11.8. The number of fused-ring (bicyclic) bond motifs is 1. The van der Waals surface area contributed by atoms with Crippen molar-refractivity contribution < 1.29 is 23.1 Å². The standard InChI is InChI=1S/C23H29N2O5P/c1-4-29-31(27,30-5-2)16-28-21-13-9-12-20-23(21)19(14-22(24)26)17(3)25(20)15-18-10-7-6-8-11-18/h6-13H,4-5,14-16H2,1-3H3,(H2,24,26). The molecule has 1 amide bonds. The van der Waals surface area contributed by atoms with Crippen molar-refractivity contribution in [2.45, 2.75) is 33.7 Å². The van der Waals surface area contributed by atoms with Gasteiger partial charge in [-0.15, -0.1) is 0 Å². The van der Waals surface area contributed by atoms with Crippen LogP contribution in [0, 0.1) is 6.92 Å². The van der Waals surface area contributed by atoms with Crippen molar-refractivity contribution in [2.75, 3.05) is 19.6 Å². The number of primary amides is 1. The number of hydrogen-bond donors (Lipinski definition) is 1. The zero-order valence-corrected chi connectivity index (χ0v) is 19.1. The van der Waals surface area contributed by atoms with E-state index in [9.17, 15) is 9.36 Å². The topological polar surface area (TPSA) is 92.8 Å². The van der Waals surface area contributed by atoms with E-state index >= 15 is 0 Å². The molecule has 0 aliphatic rings. The second kappa shape index (κ2) is 10.1. The molecular formula is C23H29N2O5P. The molecule has 0 saturated carbocycles. The lowest BCUT2D eigenvalue weighted by Gasteiger charge is -2.18. The molecule has 166 valence electrons. The molecule has 0 aliphatic carbocycles. The summed E-state index contributed by atoms with van der Waals surface area (Å²) >= 11 is 0. The summed E-state index contributed by atoms with van der Waals surface area (Å²) in [5.74, 6) is 0.0919. The third-order valence-corrected chi connectivity index (χ3v) is 6.75. The second-order valence-electron chi connectivity index (χ2n) is 7.15. The fourth-order valence-electron chi connectivity index (χ4n) is 3.71. The predicted molar refractivity (Wildman–Crippen MR) is 121 cm³/mol. The van der Waals surface area contributed by atoms with Crippen molar-refractivity contribution >= 4 is 24.4 Å². The molecule has 0 radical (unpaired) electrons. The van der Waals surface area contributed by atoms with E-state index in [1.807, 2.05) is 37.3 Å². The van der Waals surface area contributed by atoms with Gasteiger partial charge in [-0.1, -0.05) is 36.4 Å². The predicted octanol–water partition coefficient (Wildman–Crippen LogP) is 4.63. The van der Waals surface area contributed by atoms with Gasteiger partial charge in [0.05, 0.1) is 25.2 Å². The van der Waals surface area contributed by atoms with E-state index in [4.69, 9.17) is 19.5 Å². The van der Waals surface area contributed by atoms with Crippen LogP contribution in [0.4, 0.5) is 0 Å². The highest BCUT2D eigenvalue weighted by Gasteiger charge is 2.26. The first-order chi connectivity index (χ1) is 14.9. The van der Waals surface area contributed by atoms with Crippen LogP contribution in [0.1, 0.15) is 30.7 Å². The molecule has 0 aliphatic heterocycles. The van der Waals surface area contributed by atoms with E-state index in [1.54, 1.807) is 19.9 Å². The van der Waals surface area contributed by atoms with Crippen LogP contribution in [-0.4, -0.2) is 30.0 Å². The maximum absolute atomic E-state index is 12.8. The lowest BCUT2D eigenvalue weighted by atomic mass is 10.1. The number of aromatic nitrogens is 1. The van der Waals surface area contributed by atoms with E-state index < -0.39 is 13.5 Å². The minimum Gasteiger partial charge on any atom is -0.480 e. The van der Waals surface area contributed by atoms with Crippen LogP contribution in [0.3, 0.4) is 0 Å². The van der Waals surface area contributed by atoms with Crippen LogP contribution in [0.15, 0.2) is 48.5 Å². The molecule has 2 aromatic carbocycles. The number of benzene rings is 2. The minimum absolute atomic E-state index is 0.0824. The Kier molecular flexibility index (Phi) is 7.55. The van der Waals surface area contributed by atoms with Crippen molar-refractivity contribution in [3.05, 3.63) is 65.4 Å². The molecule has 0 saturated heterocycles. The highest BCUT2D eigenvalue weighted by molar-refractivity contribution is 7.53. The Labute approximate surface area is 182 Å². The first kappa shape index (κ1) is 23.1. The van der Waals surface area contributed by atoms with Gasteiger partial charge in [-0.2, -0.15) is 0 Å². The van der Waals surface area contributed by atoms with Gasteiger partial charge >= 0.3 is 7.60 Å². The largest absolute Gasteiger partial charge is 0.480 e. The highest BCUT2D eigenvalue weighted by Crippen LogP contribution is 2.48. The lowest BCUT2D eigenvalue weighted by molar-refractivity contribution is -0.117. The lowest BCUT2D eigenvalue weighted by Crippen LogP contribution is -2.14. The van der Waals surface area contributed by atoms with Gasteiger partial charge in [-0.05, 0) is 44.0 Å². The fraction of sp³-hybridized carbons (Fsp3) is 0.348. The number of nitrogens with two attached hydrogens (primary N) is 1. The Morgan fingerprint density at radius 3 is 2.32 bits per heavy atom. The van der Waals surface area contributed by atoms with Crippen LogP contribution in [-0.2, 0) is 31.4 Å². The summed E-state index contributed by atoms with van der Waals surface area (Å²) in [7, 11) is -3.39. The maximum atomic E-state index is 12.8. The fourth-order valence-corrected chi connectivity index (χ4v) is 5.01. The average Bonchev–Trinajstić information content (AvgIpc) is 2.99. The van der Waals surface area contributed by atoms with Crippen molar-refractivity contribution in [1.82, 2.24) is 4.57 Å². The molecule has 1 aromatic heterocycles. The Morgan fingerprint density at radius 1 is 1.03 bits per heavy atom. The van der Waals surface area contributed by atoms with E-state index in [0.29, 0.717) is 12.3 Å². The summed E-state index contributed by atoms with van der Waals surface area (Å²) in [6.45, 7) is 6.63. The van der Waals surface area contributed by atoms with Gasteiger partial charge in [0.15, 0.2) is 6.35 Å². The number of nitrogens with zero attached hydrogens (tertiary/aromatic N) is 1. The van der Waals surface area contributed by atoms with Crippen molar-refractivity contribution in [3.8, 4) is 5.75 Å². The van der Waals surface area contributed by atoms with E-state index in [-0.39, 0.29) is 26.0 Å². The van der Waals surface area contributed by atoms with Gasteiger partial charge in [0, 0.05) is 17.6 Å². The summed E-state index contributed by atoms with van der Waals surface area (Å²) in [5.41, 5.74) is 9.33. The molecule has 31 heavy (non-hydrogen) atoms. The quantitative estimate of drug-likeness (QED) is 0.436. The molecule has 7 nitrogen and oxygen atoms in total. The number of ether oxygens (including phenoxy) is 1. The zero-order chi connectivity index (χ0) is 22.4. The van der Waals surface area contributed by atoms with Gasteiger partial charge in [0.2, 0.25) is 5.91 Å². The third-order valence-electron chi connectivity index (χ3n) is 5.00.